The van der Waals surface area contributed by atoms with Crippen molar-refractivity contribution in [1.29, 1.82) is 0 Å². The molecule has 2 rings (SSSR count). The molecule has 1 aliphatic rings. The molecule has 112 valence electrons. The van der Waals surface area contributed by atoms with Gasteiger partial charge in [0.1, 0.15) is 5.75 Å². The summed E-state index contributed by atoms with van der Waals surface area (Å²) in [4.78, 5) is 0. The van der Waals surface area contributed by atoms with Crippen molar-refractivity contribution in [3.05, 3.63) is 29.8 Å². The van der Waals surface area contributed by atoms with Crippen molar-refractivity contribution in [2.45, 2.75) is 57.9 Å². The van der Waals surface area contributed by atoms with Gasteiger partial charge in [0.25, 0.3) is 0 Å². The first-order valence-electron chi connectivity index (χ1n) is 8.15. The second kappa shape index (κ2) is 7.68. The minimum absolute atomic E-state index is 0.572. The molecule has 3 atom stereocenters. The first kappa shape index (κ1) is 15.4. The molecule has 1 aromatic rings. The van der Waals surface area contributed by atoms with Crippen LogP contribution < -0.4 is 10.1 Å². The summed E-state index contributed by atoms with van der Waals surface area (Å²) in [7, 11) is 2.09. The molecule has 1 aromatic carbocycles. The normalized spacial score (nSPS) is 23.8. The predicted octanol–water partition coefficient (Wildman–Crippen LogP) is 4.36. The topological polar surface area (TPSA) is 21.3 Å². The van der Waals surface area contributed by atoms with Crippen LogP contribution in [-0.2, 0) is 0 Å². The molecule has 2 heteroatoms. The van der Waals surface area contributed by atoms with Crippen LogP contribution in [0.3, 0.4) is 0 Å². The quantitative estimate of drug-likeness (QED) is 0.798. The number of nitrogens with one attached hydrogen (secondary N) is 1. The number of hydrogen-bond acceptors (Lipinski definition) is 2. The summed E-state index contributed by atoms with van der Waals surface area (Å²) in [6, 6.07) is 9.21. The van der Waals surface area contributed by atoms with Crippen LogP contribution in [0.5, 0.6) is 5.75 Å². The van der Waals surface area contributed by atoms with Crippen molar-refractivity contribution in [2.24, 2.45) is 5.92 Å². The zero-order valence-electron chi connectivity index (χ0n) is 13.2. The fraction of sp³-hybridized carbons (Fsp3) is 0.667. The molecule has 0 heterocycles. The van der Waals surface area contributed by atoms with E-state index in [1.807, 2.05) is 0 Å². The third kappa shape index (κ3) is 3.76. The second-order valence-electron chi connectivity index (χ2n) is 6.07. The maximum absolute atomic E-state index is 6.09. The number of ether oxygens (including phenoxy) is 1. The van der Waals surface area contributed by atoms with Crippen molar-refractivity contribution in [3.63, 3.8) is 0 Å². The highest BCUT2D eigenvalue weighted by Gasteiger charge is 2.25. The molecule has 1 fully saturated rings. The number of para-hydroxylation sites is 1. The van der Waals surface area contributed by atoms with Crippen LogP contribution in [0.4, 0.5) is 0 Å². The highest BCUT2D eigenvalue weighted by atomic mass is 16.5. The summed E-state index contributed by atoms with van der Waals surface area (Å²) in [5, 5.41) is 3.45. The van der Waals surface area contributed by atoms with Crippen LogP contribution in [0.25, 0.3) is 0 Å². The minimum Gasteiger partial charge on any atom is -0.493 e. The van der Waals surface area contributed by atoms with E-state index < -0.39 is 0 Å². The molecule has 0 bridgehead atoms. The van der Waals surface area contributed by atoms with Crippen molar-refractivity contribution in [2.75, 3.05) is 13.7 Å². The lowest BCUT2D eigenvalue weighted by Gasteiger charge is -2.20. The smallest absolute Gasteiger partial charge is 0.122 e. The summed E-state index contributed by atoms with van der Waals surface area (Å²) >= 11 is 0. The Kier molecular flexibility index (Phi) is 5.90. The van der Waals surface area contributed by atoms with Gasteiger partial charge in [-0.2, -0.15) is 0 Å². The summed E-state index contributed by atoms with van der Waals surface area (Å²) < 4.78 is 6.09. The molecular formula is C18H29NO. The van der Waals surface area contributed by atoms with Crippen molar-refractivity contribution >= 4 is 0 Å². The maximum atomic E-state index is 6.09. The van der Waals surface area contributed by atoms with E-state index in [1.165, 1.54) is 31.2 Å². The Balaban J connectivity index is 1.88. The van der Waals surface area contributed by atoms with Crippen molar-refractivity contribution in [1.82, 2.24) is 5.32 Å². The molecule has 0 radical (unpaired) electrons. The first-order valence-corrected chi connectivity index (χ1v) is 8.15. The minimum atomic E-state index is 0.572. The summed E-state index contributed by atoms with van der Waals surface area (Å²) in [5.41, 5.74) is 1.35. The van der Waals surface area contributed by atoms with E-state index in [2.05, 4.69) is 50.5 Å². The highest BCUT2D eigenvalue weighted by Crippen LogP contribution is 2.31. The van der Waals surface area contributed by atoms with Gasteiger partial charge in [0.15, 0.2) is 0 Å². The van der Waals surface area contributed by atoms with Crippen LogP contribution in [-0.4, -0.2) is 19.7 Å². The number of rotatable bonds is 7. The van der Waals surface area contributed by atoms with Crippen LogP contribution in [0.1, 0.15) is 57.4 Å². The van der Waals surface area contributed by atoms with Crippen LogP contribution in [0.2, 0.25) is 0 Å². The van der Waals surface area contributed by atoms with Gasteiger partial charge in [-0.3, -0.25) is 0 Å². The Hall–Kier alpha value is -1.02. The summed E-state index contributed by atoms with van der Waals surface area (Å²) in [6.45, 7) is 5.35. The fourth-order valence-electron chi connectivity index (χ4n) is 3.32. The van der Waals surface area contributed by atoms with Gasteiger partial charge in [-0.05, 0) is 56.2 Å². The van der Waals surface area contributed by atoms with E-state index in [9.17, 15) is 0 Å². The lowest BCUT2D eigenvalue weighted by atomic mass is 9.97. The third-order valence-electron chi connectivity index (χ3n) is 4.84. The van der Waals surface area contributed by atoms with Gasteiger partial charge in [-0.15, -0.1) is 0 Å². The van der Waals surface area contributed by atoms with E-state index in [-0.39, 0.29) is 0 Å². The van der Waals surface area contributed by atoms with Crippen LogP contribution in [0, 0.1) is 5.92 Å². The Morgan fingerprint density at radius 3 is 2.85 bits per heavy atom. The first-order chi connectivity index (χ1) is 9.76. The predicted molar refractivity (Wildman–Crippen MR) is 85.4 cm³/mol. The van der Waals surface area contributed by atoms with Gasteiger partial charge in [0.2, 0.25) is 0 Å². The van der Waals surface area contributed by atoms with Gasteiger partial charge < -0.3 is 10.1 Å². The Morgan fingerprint density at radius 1 is 1.30 bits per heavy atom. The molecular weight excluding hydrogens is 246 g/mol. The standard InChI is InChI=1S/C18H29NO/c1-4-14(2)16-9-5-6-11-18(16)20-13-12-15-8-7-10-17(15)19-3/h5-6,9,11,14-15,17,19H,4,7-8,10,12-13H2,1-3H3. The molecule has 1 N–H and O–H groups in total. The molecule has 20 heavy (non-hydrogen) atoms. The average molecular weight is 275 g/mol. The Morgan fingerprint density at radius 2 is 2.10 bits per heavy atom. The molecule has 2 nitrogen and oxygen atoms in total. The van der Waals surface area contributed by atoms with Gasteiger partial charge >= 0.3 is 0 Å². The highest BCUT2D eigenvalue weighted by molar-refractivity contribution is 5.35. The van der Waals surface area contributed by atoms with E-state index in [0.29, 0.717) is 12.0 Å². The van der Waals surface area contributed by atoms with E-state index in [4.69, 9.17) is 4.74 Å². The molecule has 0 spiro atoms. The van der Waals surface area contributed by atoms with Gasteiger partial charge in [0.05, 0.1) is 6.61 Å². The maximum Gasteiger partial charge on any atom is 0.122 e. The SMILES string of the molecule is CCC(C)c1ccccc1OCCC1CCCC1NC. The third-order valence-corrected chi connectivity index (χ3v) is 4.84. The number of hydrogen-bond donors (Lipinski definition) is 1. The average Bonchev–Trinajstić information content (AvgIpc) is 2.94. The number of benzene rings is 1. The van der Waals surface area contributed by atoms with Crippen LogP contribution >= 0.6 is 0 Å². The molecule has 1 aliphatic carbocycles. The Labute approximate surface area is 123 Å². The lowest BCUT2D eigenvalue weighted by Crippen LogP contribution is -2.29. The van der Waals surface area contributed by atoms with Gasteiger partial charge in [-0.25, -0.2) is 0 Å². The van der Waals surface area contributed by atoms with E-state index in [0.717, 1.165) is 24.7 Å². The van der Waals surface area contributed by atoms with E-state index in [1.54, 1.807) is 0 Å². The van der Waals surface area contributed by atoms with Gasteiger partial charge in [-0.1, -0.05) is 38.5 Å². The van der Waals surface area contributed by atoms with Crippen molar-refractivity contribution in [3.8, 4) is 5.75 Å². The summed E-state index contributed by atoms with van der Waals surface area (Å²) in [6.07, 6.45) is 6.36. The fourth-order valence-corrected chi connectivity index (χ4v) is 3.32. The largest absolute Gasteiger partial charge is 0.493 e. The monoisotopic (exact) mass is 275 g/mol. The molecule has 0 aromatic heterocycles. The Bertz CT molecular complexity index is 404. The summed E-state index contributed by atoms with van der Waals surface area (Å²) in [5.74, 6) is 2.44. The van der Waals surface area contributed by atoms with Crippen molar-refractivity contribution < 1.29 is 4.74 Å². The molecule has 0 aliphatic heterocycles. The molecule has 3 unspecified atom stereocenters. The lowest BCUT2D eigenvalue weighted by molar-refractivity contribution is 0.260. The molecule has 1 saturated carbocycles. The van der Waals surface area contributed by atoms with Gasteiger partial charge in [0, 0.05) is 6.04 Å². The van der Waals surface area contributed by atoms with E-state index >= 15 is 0 Å². The zero-order chi connectivity index (χ0) is 14.4. The zero-order valence-corrected chi connectivity index (χ0v) is 13.2. The second-order valence-corrected chi connectivity index (χ2v) is 6.07. The van der Waals surface area contributed by atoms with Crippen LogP contribution in [0.15, 0.2) is 24.3 Å². The molecule has 0 saturated heterocycles. The molecule has 0 amide bonds.